The maximum atomic E-state index is 12.0. The van der Waals surface area contributed by atoms with Crippen LogP contribution in [0.15, 0.2) is 0 Å². The van der Waals surface area contributed by atoms with Gasteiger partial charge in [0.1, 0.15) is 5.78 Å². The van der Waals surface area contributed by atoms with Crippen LogP contribution in [-0.2, 0) is 4.79 Å². The monoisotopic (exact) mass is 222 g/mol. The number of Topliss-reactive ketones (excluding diaryl/α,β-unsaturated/α-hetero) is 1. The molecule has 1 nitrogen and oxygen atoms in total. The number of hydrogen-bond donors (Lipinski definition) is 0. The molecule has 88 valence electrons. The molecule has 1 aliphatic carbocycles. The van der Waals surface area contributed by atoms with Crippen molar-refractivity contribution in [3.8, 4) is 0 Å². The Morgan fingerprint density at radius 3 is 2.60 bits per heavy atom. The van der Waals surface area contributed by atoms with Crippen molar-refractivity contribution in [3.05, 3.63) is 0 Å². The fourth-order valence-corrected chi connectivity index (χ4v) is 2.19. The Balaban J connectivity index is 2.41. The Hall–Kier alpha value is -0.540. The summed E-state index contributed by atoms with van der Waals surface area (Å²) in [5.74, 6) is 0.134. The van der Waals surface area contributed by atoms with E-state index in [0.29, 0.717) is 18.8 Å². The summed E-state index contributed by atoms with van der Waals surface area (Å²) in [6, 6.07) is 0. The molecule has 0 heterocycles. The lowest BCUT2D eigenvalue weighted by Crippen LogP contribution is -2.26. The van der Waals surface area contributed by atoms with E-state index in [0.717, 1.165) is 12.8 Å². The molecule has 0 radical (unpaired) electrons. The minimum atomic E-state index is -4.13. The van der Waals surface area contributed by atoms with Crippen molar-refractivity contribution in [2.45, 2.75) is 51.6 Å². The summed E-state index contributed by atoms with van der Waals surface area (Å²) in [6.07, 6.45) is -2.00. The molecule has 1 aliphatic rings. The maximum absolute atomic E-state index is 12.0. The highest BCUT2D eigenvalue weighted by atomic mass is 19.4. The first-order valence-corrected chi connectivity index (χ1v) is 5.52. The van der Waals surface area contributed by atoms with E-state index in [1.807, 2.05) is 6.92 Å². The largest absolute Gasteiger partial charge is 0.389 e. The molecule has 0 aliphatic heterocycles. The Kier molecular flexibility index (Phi) is 4.17. The molecule has 0 aromatic heterocycles. The summed E-state index contributed by atoms with van der Waals surface area (Å²) in [7, 11) is 0. The van der Waals surface area contributed by atoms with Crippen LogP contribution in [0.2, 0.25) is 0 Å². The minimum absolute atomic E-state index is 0.0150. The number of rotatable bonds is 3. The van der Waals surface area contributed by atoms with Gasteiger partial charge >= 0.3 is 6.18 Å². The van der Waals surface area contributed by atoms with Gasteiger partial charge in [0.15, 0.2) is 0 Å². The van der Waals surface area contributed by atoms with Gasteiger partial charge in [-0.15, -0.1) is 0 Å². The van der Waals surface area contributed by atoms with E-state index in [2.05, 4.69) is 0 Å². The highest BCUT2D eigenvalue weighted by Crippen LogP contribution is 2.33. The SMILES string of the molecule is CCC1CCC(=O)C(CCC(F)(F)F)C1. The molecule has 0 aromatic rings. The lowest BCUT2D eigenvalue weighted by atomic mass is 9.77. The van der Waals surface area contributed by atoms with Gasteiger partial charge in [-0.1, -0.05) is 13.3 Å². The van der Waals surface area contributed by atoms with Crippen molar-refractivity contribution in [1.29, 1.82) is 0 Å². The van der Waals surface area contributed by atoms with Gasteiger partial charge in [0.05, 0.1) is 0 Å². The zero-order valence-corrected chi connectivity index (χ0v) is 8.94. The Bertz CT molecular complexity index is 222. The van der Waals surface area contributed by atoms with E-state index in [9.17, 15) is 18.0 Å². The average molecular weight is 222 g/mol. The van der Waals surface area contributed by atoms with Crippen molar-refractivity contribution in [2.24, 2.45) is 11.8 Å². The standard InChI is InChI=1S/C11H17F3O/c1-2-8-3-4-10(15)9(7-8)5-6-11(12,13)14/h8-9H,2-7H2,1H3. The Morgan fingerprint density at radius 2 is 2.07 bits per heavy atom. The van der Waals surface area contributed by atoms with Crippen LogP contribution in [0, 0.1) is 11.8 Å². The fraction of sp³-hybridized carbons (Fsp3) is 0.909. The van der Waals surface area contributed by atoms with Gasteiger partial charge in [0, 0.05) is 18.8 Å². The number of ketones is 1. The van der Waals surface area contributed by atoms with Crippen molar-refractivity contribution < 1.29 is 18.0 Å². The van der Waals surface area contributed by atoms with Gasteiger partial charge in [-0.25, -0.2) is 0 Å². The van der Waals surface area contributed by atoms with Crippen molar-refractivity contribution in [1.82, 2.24) is 0 Å². The fourth-order valence-electron chi connectivity index (χ4n) is 2.19. The number of carbonyl (C=O) groups is 1. The van der Waals surface area contributed by atoms with Gasteiger partial charge < -0.3 is 0 Å². The van der Waals surface area contributed by atoms with Gasteiger partial charge in [-0.3, -0.25) is 4.79 Å². The molecule has 0 amide bonds. The molecule has 1 saturated carbocycles. The molecule has 1 fully saturated rings. The Labute approximate surface area is 88.0 Å². The van der Waals surface area contributed by atoms with Gasteiger partial charge in [-0.05, 0) is 25.2 Å². The Morgan fingerprint density at radius 1 is 1.40 bits per heavy atom. The molecule has 4 heteroatoms. The minimum Gasteiger partial charge on any atom is -0.299 e. The number of halogens is 3. The van der Waals surface area contributed by atoms with Crippen LogP contribution < -0.4 is 0 Å². The zero-order valence-electron chi connectivity index (χ0n) is 8.94. The number of carbonyl (C=O) groups excluding carboxylic acids is 1. The topological polar surface area (TPSA) is 17.1 Å². The average Bonchev–Trinajstić information content (AvgIpc) is 2.15. The van der Waals surface area contributed by atoms with Crippen molar-refractivity contribution >= 4 is 5.78 Å². The maximum Gasteiger partial charge on any atom is 0.389 e. The number of alkyl halides is 3. The third-order valence-electron chi connectivity index (χ3n) is 3.23. The molecule has 1 rings (SSSR count). The molecule has 0 aromatic carbocycles. The predicted octanol–water partition coefficient (Wildman–Crippen LogP) is 3.72. The molecular formula is C11H17F3O. The van der Waals surface area contributed by atoms with E-state index < -0.39 is 12.6 Å². The smallest absolute Gasteiger partial charge is 0.299 e. The molecule has 15 heavy (non-hydrogen) atoms. The van der Waals surface area contributed by atoms with E-state index in [1.54, 1.807) is 0 Å². The summed E-state index contributed by atoms with van der Waals surface area (Å²) in [5.41, 5.74) is 0. The van der Waals surface area contributed by atoms with Crippen molar-refractivity contribution in [3.63, 3.8) is 0 Å². The summed E-state index contributed by atoms with van der Waals surface area (Å²) in [6.45, 7) is 2.03. The van der Waals surface area contributed by atoms with E-state index in [-0.39, 0.29) is 18.1 Å². The first-order valence-electron chi connectivity index (χ1n) is 5.52. The van der Waals surface area contributed by atoms with Crippen LogP contribution in [-0.4, -0.2) is 12.0 Å². The van der Waals surface area contributed by atoms with Gasteiger partial charge in [0.25, 0.3) is 0 Å². The first-order chi connectivity index (χ1) is 6.92. The second-order valence-corrected chi connectivity index (χ2v) is 4.37. The third kappa shape index (κ3) is 4.22. The van der Waals surface area contributed by atoms with E-state index in [4.69, 9.17) is 0 Å². The third-order valence-corrected chi connectivity index (χ3v) is 3.23. The zero-order chi connectivity index (χ0) is 11.5. The quantitative estimate of drug-likeness (QED) is 0.711. The van der Waals surface area contributed by atoms with Crippen LogP contribution >= 0.6 is 0 Å². The molecule has 2 unspecified atom stereocenters. The first kappa shape index (κ1) is 12.5. The second-order valence-electron chi connectivity index (χ2n) is 4.37. The van der Waals surface area contributed by atoms with E-state index >= 15 is 0 Å². The molecule has 0 saturated heterocycles. The lowest BCUT2D eigenvalue weighted by molar-refractivity contribution is -0.142. The highest BCUT2D eigenvalue weighted by molar-refractivity contribution is 5.81. The lowest BCUT2D eigenvalue weighted by Gasteiger charge is -2.27. The second kappa shape index (κ2) is 4.99. The highest BCUT2D eigenvalue weighted by Gasteiger charge is 2.33. The predicted molar refractivity (Wildman–Crippen MR) is 51.4 cm³/mol. The molecule has 0 bridgehead atoms. The van der Waals surface area contributed by atoms with Crippen LogP contribution in [0.3, 0.4) is 0 Å². The summed E-state index contributed by atoms with van der Waals surface area (Å²) >= 11 is 0. The molecule has 2 atom stereocenters. The molecule has 0 spiro atoms. The summed E-state index contributed by atoms with van der Waals surface area (Å²) in [5, 5.41) is 0. The normalized spacial score (nSPS) is 28.1. The molecular weight excluding hydrogens is 205 g/mol. The van der Waals surface area contributed by atoms with Gasteiger partial charge in [-0.2, -0.15) is 13.2 Å². The van der Waals surface area contributed by atoms with Gasteiger partial charge in [0.2, 0.25) is 0 Å². The van der Waals surface area contributed by atoms with Crippen LogP contribution in [0.4, 0.5) is 13.2 Å². The van der Waals surface area contributed by atoms with Crippen LogP contribution in [0.25, 0.3) is 0 Å². The van der Waals surface area contributed by atoms with Crippen molar-refractivity contribution in [2.75, 3.05) is 0 Å². The van der Waals surface area contributed by atoms with Crippen LogP contribution in [0.1, 0.15) is 45.4 Å². The summed E-state index contributed by atoms with van der Waals surface area (Å²) < 4.78 is 36.0. The van der Waals surface area contributed by atoms with E-state index in [1.165, 1.54) is 0 Å². The molecule has 0 N–H and O–H groups in total. The number of hydrogen-bond acceptors (Lipinski definition) is 1. The van der Waals surface area contributed by atoms with Crippen LogP contribution in [0.5, 0.6) is 0 Å². The summed E-state index contributed by atoms with van der Waals surface area (Å²) in [4.78, 5) is 11.4.